The molecule has 1 fully saturated rings. The van der Waals surface area contributed by atoms with Gasteiger partial charge in [0, 0.05) is 39.3 Å². The molecular weight excluding hydrogens is 317 g/mol. The number of sulfonamides is 1. The molecule has 1 aliphatic rings. The largest absolute Gasteiger partial charge is 0.304 e. The van der Waals surface area contributed by atoms with Crippen molar-refractivity contribution >= 4 is 10.0 Å². The Hall–Kier alpha value is -1.02. The highest BCUT2D eigenvalue weighted by Gasteiger charge is 2.20. The molecule has 23 heavy (non-hydrogen) atoms. The van der Waals surface area contributed by atoms with Gasteiger partial charge in [0.25, 0.3) is 0 Å². The van der Waals surface area contributed by atoms with E-state index in [4.69, 9.17) is 0 Å². The number of nitrogens with one attached hydrogen (secondary N) is 1. The van der Waals surface area contributed by atoms with E-state index >= 15 is 0 Å². The first-order valence-electron chi connectivity index (χ1n) is 7.94. The molecule has 0 spiro atoms. The number of nitrogens with zero attached hydrogens (tertiary/aromatic N) is 2. The van der Waals surface area contributed by atoms with Crippen LogP contribution in [0, 0.1) is 18.7 Å². The fourth-order valence-electron chi connectivity index (χ4n) is 2.78. The van der Waals surface area contributed by atoms with Crippen molar-refractivity contribution in [3.05, 3.63) is 29.6 Å². The average molecular weight is 343 g/mol. The van der Waals surface area contributed by atoms with Crippen LogP contribution >= 0.6 is 0 Å². The van der Waals surface area contributed by atoms with Crippen molar-refractivity contribution in [2.45, 2.75) is 18.7 Å². The van der Waals surface area contributed by atoms with Crippen LogP contribution < -0.4 is 4.72 Å². The van der Waals surface area contributed by atoms with Crippen LogP contribution in [0.4, 0.5) is 4.39 Å². The first kappa shape index (κ1) is 18.3. The van der Waals surface area contributed by atoms with Crippen LogP contribution in [0.3, 0.4) is 0 Å². The standard InChI is InChI=1S/C16H26FN3O2S/c1-13(12-20-8-6-19(3)7-9-20)11-18-23(21,22)16-5-4-15(17)10-14(16)2/h4-5,10,13,18H,6-9,11-12H2,1-3H3. The van der Waals surface area contributed by atoms with Gasteiger partial charge in [0.05, 0.1) is 4.90 Å². The van der Waals surface area contributed by atoms with Gasteiger partial charge in [-0.2, -0.15) is 0 Å². The summed E-state index contributed by atoms with van der Waals surface area (Å²) in [5.41, 5.74) is 0.421. The van der Waals surface area contributed by atoms with Crippen molar-refractivity contribution in [3.63, 3.8) is 0 Å². The highest BCUT2D eigenvalue weighted by atomic mass is 32.2. The van der Waals surface area contributed by atoms with Gasteiger partial charge in [0.1, 0.15) is 5.82 Å². The maximum absolute atomic E-state index is 13.1. The molecule has 1 heterocycles. The Morgan fingerprint density at radius 1 is 1.26 bits per heavy atom. The van der Waals surface area contributed by atoms with E-state index in [1.807, 2.05) is 6.92 Å². The van der Waals surface area contributed by atoms with E-state index < -0.39 is 15.8 Å². The number of halogens is 1. The van der Waals surface area contributed by atoms with Crippen LogP contribution in [-0.4, -0.2) is 64.5 Å². The summed E-state index contributed by atoms with van der Waals surface area (Å²) in [6, 6.07) is 3.73. The number of hydrogen-bond donors (Lipinski definition) is 1. The Morgan fingerprint density at radius 2 is 1.91 bits per heavy atom. The van der Waals surface area contributed by atoms with Crippen molar-refractivity contribution < 1.29 is 12.8 Å². The molecule has 1 atom stereocenters. The van der Waals surface area contributed by atoms with E-state index in [0.717, 1.165) is 32.7 Å². The molecule has 1 N–H and O–H groups in total. The minimum absolute atomic E-state index is 0.144. The second kappa shape index (κ2) is 7.70. The highest BCUT2D eigenvalue weighted by Crippen LogP contribution is 2.16. The third-order valence-corrected chi connectivity index (χ3v) is 5.80. The molecule has 1 aliphatic heterocycles. The van der Waals surface area contributed by atoms with Gasteiger partial charge in [0.15, 0.2) is 0 Å². The zero-order valence-electron chi connectivity index (χ0n) is 14.0. The summed E-state index contributed by atoms with van der Waals surface area (Å²) in [5, 5.41) is 0. The van der Waals surface area contributed by atoms with Crippen LogP contribution in [0.25, 0.3) is 0 Å². The van der Waals surface area contributed by atoms with Crippen LogP contribution in [-0.2, 0) is 10.0 Å². The van der Waals surface area contributed by atoms with Gasteiger partial charge in [-0.1, -0.05) is 6.92 Å². The third-order valence-electron chi connectivity index (χ3n) is 4.21. The molecule has 1 saturated heterocycles. The molecular formula is C16H26FN3O2S. The molecule has 130 valence electrons. The first-order chi connectivity index (χ1) is 10.8. The Morgan fingerprint density at radius 3 is 2.52 bits per heavy atom. The number of benzene rings is 1. The quantitative estimate of drug-likeness (QED) is 0.846. The Kier molecular flexibility index (Phi) is 6.13. The van der Waals surface area contributed by atoms with E-state index in [-0.39, 0.29) is 10.8 Å². The van der Waals surface area contributed by atoms with Gasteiger partial charge in [0.2, 0.25) is 10.0 Å². The van der Waals surface area contributed by atoms with E-state index in [1.54, 1.807) is 6.92 Å². The van der Waals surface area contributed by atoms with Gasteiger partial charge in [-0.25, -0.2) is 17.5 Å². The normalized spacial score (nSPS) is 19.0. The third kappa shape index (κ3) is 5.24. The summed E-state index contributed by atoms with van der Waals surface area (Å²) < 4.78 is 40.5. The summed E-state index contributed by atoms with van der Waals surface area (Å²) in [6.45, 7) is 9.03. The molecule has 0 radical (unpaired) electrons. The van der Waals surface area contributed by atoms with Crippen molar-refractivity contribution in [2.75, 3.05) is 46.3 Å². The van der Waals surface area contributed by atoms with Gasteiger partial charge in [-0.05, 0) is 43.7 Å². The van der Waals surface area contributed by atoms with Crippen molar-refractivity contribution in [1.82, 2.24) is 14.5 Å². The number of piperazine rings is 1. The molecule has 5 nitrogen and oxygen atoms in total. The second-order valence-corrected chi connectivity index (χ2v) is 8.21. The maximum Gasteiger partial charge on any atom is 0.240 e. The lowest BCUT2D eigenvalue weighted by atomic mass is 10.1. The lowest BCUT2D eigenvalue weighted by Gasteiger charge is -2.33. The Bertz CT molecular complexity index is 628. The SMILES string of the molecule is Cc1cc(F)ccc1S(=O)(=O)NCC(C)CN1CCN(C)CC1. The number of rotatable bonds is 6. The zero-order valence-corrected chi connectivity index (χ0v) is 14.9. The number of hydrogen-bond acceptors (Lipinski definition) is 4. The topological polar surface area (TPSA) is 52.7 Å². The van der Waals surface area contributed by atoms with E-state index in [9.17, 15) is 12.8 Å². The minimum Gasteiger partial charge on any atom is -0.304 e. The molecule has 0 aromatic heterocycles. The molecule has 0 aliphatic carbocycles. The summed E-state index contributed by atoms with van der Waals surface area (Å²) >= 11 is 0. The molecule has 1 aromatic rings. The predicted octanol–water partition coefficient (Wildman–Crippen LogP) is 1.30. The van der Waals surface area contributed by atoms with Crippen molar-refractivity contribution in [1.29, 1.82) is 0 Å². The monoisotopic (exact) mass is 343 g/mol. The molecule has 1 unspecified atom stereocenters. The number of aryl methyl sites for hydroxylation is 1. The van der Waals surface area contributed by atoms with Crippen molar-refractivity contribution in [3.8, 4) is 0 Å². The van der Waals surface area contributed by atoms with Gasteiger partial charge >= 0.3 is 0 Å². The smallest absolute Gasteiger partial charge is 0.240 e. The van der Waals surface area contributed by atoms with Gasteiger partial charge < -0.3 is 9.80 Å². The summed E-state index contributed by atoms with van der Waals surface area (Å²) in [6.07, 6.45) is 0. The maximum atomic E-state index is 13.1. The van der Waals surface area contributed by atoms with E-state index in [1.165, 1.54) is 18.2 Å². The molecule has 7 heteroatoms. The molecule has 1 aromatic carbocycles. The summed E-state index contributed by atoms with van der Waals surface area (Å²) in [7, 11) is -1.48. The molecule has 0 amide bonds. The highest BCUT2D eigenvalue weighted by molar-refractivity contribution is 7.89. The number of likely N-dealkylation sites (N-methyl/N-ethyl adjacent to an activating group) is 1. The van der Waals surface area contributed by atoms with Gasteiger partial charge in [-0.15, -0.1) is 0 Å². The first-order valence-corrected chi connectivity index (χ1v) is 9.43. The lowest BCUT2D eigenvalue weighted by Crippen LogP contribution is -2.46. The fourth-order valence-corrected chi connectivity index (χ4v) is 4.17. The average Bonchev–Trinajstić information content (AvgIpc) is 2.47. The Labute approximate surface area is 138 Å². The second-order valence-electron chi connectivity index (χ2n) is 6.47. The zero-order chi connectivity index (χ0) is 17.0. The molecule has 0 bridgehead atoms. The minimum atomic E-state index is -3.60. The summed E-state index contributed by atoms with van der Waals surface area (Å²) in [5.74, 6) is -0.209. The lowest BCUT2D eigenvalue weighted by molar-refractivity contribution is 0.139. The summed E-state index contributed by atoms with van der Waals surface area (Å²) in [4.78, 5) is 4.80. The fraction of sp³-hybridized carbons (Fsp3) is 0.625. The molecule has 0 saturated carbocycles. The van der Waals surface area contributed by atoms with Crippen LogP contribution in [0.2, 0.25) is 0 Å². The Balaban J connectivity index is 1.88. The van der Waals surface area contributed by atoms with Crippen LogP contribution in [0.1, 0.15) is 12.5 Å². The van der Waals surface area contributed by atoms with E-state index in [0.29, 0.717) is 12.1 Å². The molecule has 2 rings (SSSR count). The predicted molar refractivity (Wildman–Crippen MR) is 89.4 cm³/mol. The van der Waals surface area contributed by atoms with Crippen LogP contribution in [0.15, 0.2) is 23.1 Å². The van der Waals surface area contributed by atoms with Gasteiger partial charge in [-0.3, -0.25) is 0 Å². The van der Waals surface area contributed by atoms with Crippen LogP contribution in [0.5, 0.6) is 0 Å². The van der Waals surface area contributed by atoms with E-state index in [2.05, 4.69) is 21.6 Å². The van der Waals surface area contributed by atoms with Crippen molar-refractivity contribution in [2.24, 2.45) is 5.92 Å².